The number of hydrogen-bond donors (Lipinski definition) is 3. The van der Waals surface area contributed by atoms with Gasteiger partial charge in [-0.2, -0.15) is 0 Å². The van der Waals surface area contributed by atoms with Gasteiger partial charge in [-0.05, 0) is 42.3 Å². The summed E-state index contributed by atoms with van der Waals surface area (Å²) in [6.07, 6.45) is 3.50. The van der Waals surface area contributed by atoms with Gasteiger partial charge >= 0.3 is 0 Å². The number of amides is 1. The molecule has 0 radical (unpaired) electrons. The van der Waals surface area contributed by atoms with Gasteiger partial charge in [0.2, 0.25) is 0 Å². The summed E-state index contributed by atoms with van der Waals surface area (Å²) < 4.78 is 0. The molecule has 0 atom stereocenters. The number of carbonyl (C=O) groups excluding carboxylic acids is 1. The summed E-state index contributed by atoms with van der Waals surface area (Å²) >= 11 is 0. The van der Waals surface area contributed by atoms with Crippen LogP contribution in [0.5, 0.6) is 5.75 Å². The second-order valence-corrected chi connectivity index (χ2v) is 5.69. The normalized spacial score (nSPS) is 10.3. The van der Waals surface area contributed by atoms with E-state index in [0.29, 0.717) is 23.4 Å². The number of pyridine rings is 1. The van der Waals surface area contributed by atoms with Crippen molar-refractivity contribution < 1.29 is 9.90 Å². The SMILES string of the molecule is Cc1cccc(NC(=O)c2ccccc2NCc2cccnc2)c1O. The van der Waals surface area contributed by atoms with Crippen molar-refractivity contribution in [3.63, 3.8) is 0 Å². The van der Waals surface area contributed by atoms with Gasteiger partial charge in [-0.15, -0.1) is 0 Å². The number of nitrogens with zero attached hydrogens (tertiary/aromatic N) is 1. The van der Waals surface area contributed by atoms with Gasteiger partial charge in [-0.25, -0.2) is 0 Å². The Morgan fingerprint density at radius 2 is 1.84 bits per heavy atom. The van der Waals surface area contributed by atoms with Crippen molar-refractivity contribution in [2.75, 3.05) is 10.6 Å². The molecular formula is C20H19N3O2. The van der Waals surface area contributed by atoms with Crippen molar-refractivity contribution in [1.82, 2.24) is 4.98 Å². The molecule has 1 aromatic heterocycles. The molecule has 0 fully saturated rings. The largest absolute Gasteiger partial charge is 0.505 e. The van der Waals surface area contributed by atoms with E-state index in [4.69, 9.17) is 0 Å². The van der Waals surface area contributed by atoms with Crippen LogP contribution in [0.25, 0.3) is 0 Å². The summed E-state index contributed by atoms with van der Waals surface area (Å²) in [5.74, 6) is -0.202. The highest BCUT2D eigenvalue weighted by Crippen LogP contribution is 2.27. The van der Waals surface area contributed by atoms with Crippen LogP contribution in [0.4, 0.5) is 11.4 Å². The fraction of sp³-hybridized carbons (Fsp3) is 0.100. The predicted molar refractivity (Wildman–Crippen MR) is 98.8 cm³/mol. The Hall–Kier alpha value is -3.34. The minimum absolute atomic E-state index is 0.0802. The number of rotatable bonds is 5. The van der Waals surface area contributed by atoms with E-state index in [1.807, 2.05) is 24.3 Å². The monoisotopic (exact) mass is 333 g/mol. The summed E-state index contributed by atoms with van der Waals surface area (Å²) in [4.78, 5) is 16.7. The molecule has 3 rings (SSSR count). The van der Waals surface area contributed by atoms with E-state index in [1.165, 1.54) is 0 Å². The quantitative estimate of drug-likeness (QED) is 0.618. The molecule has 5 heteroatoms. The third-order valence-corrected chi connectivity index (χ3v) is 3.86. The van der Waals surface area contributed by atoms with Crippen LogP contribution in [0.1, 0.15) is 21.5 Å². The molecule has 5 nitrogen and oxygen atoms in total. The van der Waals surface area contributed by atoms with E-state index < -0.39 is 0 Å². The number of phenols is 1. The first kappa shape index (κ1) is 16.5. The highest BCUT2D eigenvalue weighted by atomic mass is 16.3. The van der Waals surface area contributed by atoms with Crippen LogP contribution in [0.15, 0.2) is 67.0 Å². The summed E-state index contributed by atoms with van der Waals surface area (Å²) in [5, 5.41) is 16.1. The van der Waals surface area contributed by atoms with E-state index in [-0.39, 0.29) is 11.7 Å². The molecular weight excluding hydrogens is 314 g/mol. The highest BCUT2D eigenvalue weighted by molar-refractivity contribution is 6.08. The lowest BCUT2D eigenvalue weighted by molar-refractivity contribution is 0.102. The minimum Gasteiger partial charge on any atom is -0.505 e. The standard InChI is InChI=1S/C20H19N3O2/c1-14-6-4-10-18(19(14)24)23-20(25)16-8-2-3-9-17(16)22-13-15-7-5-11-21-12-15/h2-12,22,24H,13H2,1H3,(H,23,25). The van der Waals surface area contributed by atoms with Crippen LogP contribution in [-0.4, -0.2) is 16.0 Å². The van der Waals surface area contributed by atoms with Gasteiger partial charge in [0, 0.05) is 24.6 Å². The molecule has 3 N–H and O–H groups in total. The zero-order chi connectivity index (χ0) is 17.6. The Bertz CT molecular complexity index is 879. The average molecular weight is 333 g/mol. The van der Waals surface area contributed by atoms with E-state index in [0.717, 1.165) is 11.3 Å². The van der Waals surface area contributed by atoms with Crippen LogP contribution in [0.3, 0.4) is 0 Å². The zero-order valence-electron chi connectivity index (χ0n) is 13.9. The van der Waals surface area contributed by atoms with Crippen molar-refractivity contribution >= 4 is 17.3 Å². The van der Waals surface area contributed by atoms with Gasteiger partial charge in [0.05, 0.1) is 11.3 Å². The van der Waals surface area contributed by atoms with E-state index in [1.54, 1.807) is 49.6 Å². The van der Waals surface area contributed by atoms with E-state index >= 15 is 0 Å². The maximum atomic E-state index is 12.6. The van der Waals surface area contributed by atoms with Crippen molar-refractivity contribution in [3.05, 3.63) is 83.7 Å². The van der Waals surface area contributed by atoms with Crippen molar-refractivity contribution in [2.45, 2.75) is 13.5 Å². The number of nitrogens with one attached hydrogen (secondary N) is 2. The van der Waals surface area contributed by atoms with Crippen LogP contribution >= 0.6 is 0 Å². The summed E-state index contributed by atoms with van der Waals surface area (Å²) in [6.45, 7) is 2.35. The maximum Gasteiger partial charge on any atom is 0.257 e. The molecule has 3 aromatic rings. The van der Waals surface area contributed by atoms with Crippen LogP contribution in [0.2, 0.25) is 0 Å². The number of hydrogen-bond acceptors (Lipinski definition) is 4. The number of aromatic nitrogens is 1. The number of carbonyl (C=O) groups is 1. The van der Waals surface area contributed by atoms with Crippen LogP contribution in [-0.2, 0) is 6.54 Å². The number of aromatic hydroxyl groups is 1. The lowest BCUT2D eigenvalue weighted by atomic mass is 10.1. The molecule has 25 heavy (non-hydrogen) atoms. The second-order valence-electron chi connectivity index (χ2n) is 5.69. The summed E-state index contributed by atoms with van der Waals surface area (Å²) in [5.41, 5.74) is 3.35. The van der Waals surface area contributed by atoms with Gasteiger partial charge in [0.1, 0.15) is 5.75 Å². The molecule has 0 saturated carbocycles. The van der Waals surface area contributed by atoms with Gasteiger partial charge in [-0.3, -0.25) is 9.78 Å². The fourth-order valence-electron chi connectivity index (χ4n) is 2.48. The van der Waals surface area contributed by atoms with Crippen molar-refractivity contribution in [2.24, 2.45) is 0 Å². The zero-order valence-corrected chi connectivity index (χ0v) is 13.9. The van der Waals surface area contributed by atoms with Crippen molar-refractivity contribution in [3.8, 4) is 5.75 Å². The first-order valence-corrected chi connectivity index (χ1v) is 7.97. The summed E-state index contributed by atoms with van der Waals surface area (Å²) in [6, 6.07) is 16.4. The predicted octanol–water partition coefficient (Wildman–Crippen LogP) is 3.96. The number of benzene rings is 2. The second kappa shape index (κ2) is 7.49. The Balaban J connectivity index is 1.78. The Morgan fingerprint density at radius 1 is 1.04 bits per heavy atom. The topological polar surface area (TPSA) is 74.2 Å². The van der Waals surface area contributed by atoms with E-state index in [9.17, 15) is 9.90 Å². The molecule has 0 bridgehead atoms. The lowest BCUT2D eigenvalue weighted by Crippen LogP contribution is -2.15. The molecule has 2 aromatic carbocycles. The molecule has 0 aliphatic carbocycles. The first-order chi connectivity index (χ1) is 12.1. The van der Waals surface area contributed by atoms with Gasteiger partial charge in [0.15, 0.2) is 0 Å². The highest BCUT2D eigenvalue weighted by Gasteiger charge is 2.13. The number of aryl methyl sites for hydroxylation is 1. The Kier molecular flexibility index (Phi) is 4.95. The van der Waals surface area contributed by atoms with Gasteiger partial charge < -0.3 is 15.7 Å². The first-order valence-electron chi connectivity index (χ1n) is 7.97. The van der Waals surface area contributed by atoms with Crippen LogP contribution in [0, 0.1) is 6.92 Å². The molecule has 0 spiro atoms. The average Bonchev–Trinajstić information content (AvgIpc) is 2.65. The minimum atomic E-state index is -0.282. The van der Waals surface area contributed by atoms with Gasteiger partial charge in [-0.1, -0.05) is 30.3 Å². The van der Waals surface area contributed by atoms with E-state index in [2.05, 4.69) is 15.6 Å². The third-order valence-electron chi connectivity index (χ3n) is 3.86. The lowest BCUT2D eigenvalue weighted by Gasteiger charge is -2.13. The summed E-state index contributed by atoms with van der Waals surface area (Å²) in [7, 11) is 0. The molecule has 0 aliphatic heterocycles. The van der Waals surface area contributed by atoms with Gasteiger partial charge in [0.25, 0.3) is 5.91 Å². The molecule has 0 saturated heterocycles. The van der Waals surface area contributed by atoms with Crippen molar-refractivity contribution in [1.29, 1.82) is 0 Å². The number of phenolic OH excluding ortho intramolecular Hbond substituents is 1. The molecule has 1 amide bonds. The number of anilines is 2. The third kappa shape index (κ3) is 3.95. The number of para-hydroxylation sites is 2. The Labute approximate surface area is 146 Å². The Morgan fingerprint density at radius 3 is 2.64 bits per heavy atom. The smallest absolute Gasteiger partial charge is 0.257 e. The maximum absolute atomic E-state index is 12.6. The molecule has 0 unspecified atom stereocenters. The molecule has 1 heterocycles. The van der Waals surface area contributed by atoms with Crippen LogP contribution < -0.4 is 10.6 Å². The fourth-order valence-corrected chi connectivity index (χ4v) is 2.48. The molecule has 126 valence electrons. The molecule has 0 aliphatic rings.